The van der Waals surface area contributed by atoms with E-state index < -0.39 is 51.5 Å². The van der Waals surface area contributed by atoms with E-state index in [1.807, 2.05) is 0 Å². The number of urea groups is 1. The molecule has 3 aromatic carbocycles. The number of fused-ring (bicyclic) bond motifs is 6. The number of amides is 4. The normalized spacial score (nSPS) is 22.2. The SMILES string of the molecule is O=C1[C@H]2[C@@H]3C[C@@H](CN3C(=O)c3ccc(Cl)c([N+](=O)[O-])c3)N2C(=O)N1c1ccc([N+](=O)[O-])c2ccccc12. The Kier molecular flexibility index (Phi) is 4.92. The molecule has 3 aliphatic heterocycles. The molecule has 0 spiro atoms. The van der Waals surface area contributed by atoms with Crippen LogP contribution in [0.5, 0.6) is 0 Å². The van der Waals surface area contributed by atoms with Crippen LogP contribution in [-0.4, -0.2) is 62.2 Å². The quantitative estimate of drug-likeness (QED) is 0.288. The average molecular weight is 522 g/mol. The van der Waals surface area contributed by atoms with Crippen molar-refractivity contribution in [2.75, 3.05) is 11.4 Å². The van der Waals surface area contributed by atoms with E-state index in [1.165, 1.54) is 34.1 Å². The molecule has 2 bridgehead atoms. The van der Waals surface area contributed by atoms with Crippen LogP contribution in [0.15, 0.2) is 54.6 Å². The number of nitrogens with zero attached hydrogens (tertiary/aromatic N) is 5. The fourth-order valence-corrected chi connectivity index (χ4v) is 5.87. The van der Waals surface area contributed by atoms with Crippen molar-refractivity contribution < 1.29 is 24.2 Å². The summed E-state index contributed by atoms with van der Waals surface area (Å²) in [5.41, 5.74) is -0.254. The molecule has 6 rings (SSSR count). The largest absolute Gasteiger partial charge is 0.332 e. The first-order chi connectivity index (χ1) is 17.7. The number of non-ortho nitro benzene ring substituents is 1. The number of hydrogen-bond acceptors (Lipinski definition) is 7. The number of benzene rings is 3. The summed E-state index contributed by atoms with van der Waals surface area (Å²) in [7, 11) is 0. The summed E-state index contributed by atoms with van der Waals surface area (Å²) >= 11 is 5.87. The Morgan fingerprint density at radius 1 is 0.946 bits per heavy atom. The van der Waals surface area contributed by atoms with E-state index in [2.05, 4.69) is 0 Å². The number of anilines is 1. The number of imide groups is 1. The number of likely N-dealkylation sites (tertiary alicyclic amines) is 1. The second-order valence-electron chi connectivity index (χ2n) is 9.05. The number of rotatable bonds is 4. The van der Waals surface area contributed by atoms with Crippen LogP contribution in [0.25, 0.3) is 10.8 Å². The molecule has 3 aliphatic rings. The van der Waals surface area contributed by atoms with Crippen molar-refractivity contribution in [2.45, 2.75) is 24.5 Å². The lowest BCUT2D eigenvalue weighted by Crippen LogP contribution is -2.54. The fourth-order valence-electron chi connectivity index (χ4n) is 5.69. The second-order valence-corrected chi connectivity index (χ2v) is 9.46. The number of halogens is 1. The van der Waals surface area contributed by atoms with Crippen molar-refractivity contribution >= 4 is 57.3 Å². The zero-order valence-electron chi connectivity index (χ0n) is 18.8. The first-order valence-electron chi connectivity index (χ1n) is 11.3. The molecule has 0 saturated carbocycles. The van der Waals surface area contributed by atoms with Gasteiger partial charge in [0, 0.05) is 29.6 Å². The van der Waals surface area contributed by atoms with Crippen LogP contribution < -0.4 is 4.90 Å². The Morgan fingerprint density at radius 3 is 2.35 bits per heavy atom. The van der Waals surface area contributed by atoms with E-state index in [-0.39, 0.29) is 28.5 Å². The van der Waals surface area contributed by atoms with Gasteiger partial charge in [-0.15, -0.1) is 0 Å². The molecule has 186 valence electrons. The minimum Gasteiger partial charge on any atom is -0.331 e. The summed E-state index contributed by atoms with van der Waals surface area (Å²) < 4.78 is 0. The van der Waals surface area contributed by atoms with E-state index in [1.54, 1.807) is 24.3 Å². The molecule has 3 saturated heterocycles. The predicted octanol–water partition coefficient (Wildman–Crippen LogP) is 3.74. The zero-order valence-corrected chi connectivity index (χ0v) is 19.6. The highest BCUT2D eigenvalue weighted by Gasteiger charge is 2.63. The van der Waals surface area contributed by atoms with Crippen molar-refractivity contribution in [3.8, 4) is 0 Å². The summed E-state index contributed by atoms with van der Waals surface area (Å²) in [5, 5.41) is 23.3. The Balaban J connectivity index is 1.35. The Hall–Kier alpha value is -4.58. The molecule has 0 radical (unpaired) electrons. The Labute approximate surface area is 212 Å². The van der Waals surface area contributed by atoms with Gasteiger partial charge >= 0.3 is 6.03 Å². The highest BCUT2D eigenvalue weighted by Crippen LogP contribution is 2.45. The molecular weight excluding hydrogens is 506 g/mol. The highest BCUT2D eigenvalue weighted by atomic mass is 35.5. The molecule has 3 fully saturated rings. The molecule has 3 heterocycles. The summed E-state index contributed by atoms with van der Waals surface area (Å²) in [4.78, 5) is 65.9. The first kappa shape index (κ1) is 22.9. The summed E-state index contributed by atoms with van der Waals surface area (Å²) in [6.45, 7) is 0.171. The van der Waals surface area contributed by atoms with E-state index in [0.717, 1.165) is 11.0 Å². The monoisotopic (exact) mass is 521 g/mol. The van der Waals surface area contributed by atoms with Crippen molar-refractivity contribution in [3.63, 3.8) is 0 Å². The van der Waals surface area contributed by atoms with Crippen LogP contribution in [0.1, 0.15) is 16.8 Å². The smallest absolute Gasteiger partial charge is 0.331 e. The number of carbonyl (C=O) groups excluding carboxylic acids is 3. The van der Waals surface area contributed by atoms with Crippen molar-refractivity contribution in [1.29, 1.82) is 0 Å². The molecule has 12 nitrogen and oxygen atoms in total. The summed E-state index contributed by atoms with van der Waals surface area (Å²) in [6.07, 6.45) is 0.401. The summed E-state index contributed by atoms with van der Waals surface area (Å²) in [5.74, 6) is -1.03. The van der Waals surface area contributed by atoms with Gasteiger partial charge in [-0.3, -0.25) is 29.8 Å². The van der Waals surface area contributed by atoms with Crippen LogP contribution in [-0.2, 0) is 4.79 Å². The molecular formula is C24H16ClN5O7. The third kappa shape index (κ3) is 3.18. The predicted molar refractivity (Wildman–Crippen MR) is 130 cm³/mol. The fraction of sp³-hybridized carbons (Fsp3) is 0.208. The molecule has 4 amide bonds. The average Bonchev–Trinajstić information content (AvgIpc) is 3.54. The number of carbonyl (C=O) groups is 3. The zero-order chi connectivity index (χ0) is 26.2. The maximum Gasteiger partial charge on any atom is 0.332 e. The van der Waals surface area contributed by atoms with Crippen LogP contribution in [0.2, 0.25) is 5.02 Å². The Bertz CT molecular complexity index is 1580. The molecule has 0 N–H and O–H groups in total. The Morgan fingerprint density at radius 2 is 1.65 bits per heavy atom. The van der Waals surface area contributed by atoms with E-state index in [4.69, 9.17) is 11.6 Å². The standard InChI is InChI=1S/C24H16ClN5O7/c25-16-6-5-12(9-19(16)30(36)37)22(31)26-11-13-10-20(26)21-23(32)28(24(33)27(13)21)17-7-8-18(29(34)35)15-4-2-1-3-14(15)17/h1-9,13,20-21H,10-11H2/t13-,20-,21+/m0/s1. The van der Waals surface area contributed by atoms with Gasteiger partial charge in [-0.25, -0.2) is 9.69 Å². The molecule has 3 atom stereocenters. The summed E-state index contributed by atoms with van der Waals surface area (Å²) in [6, 6.07) is 10.4. The van der Waals surface area contributed by atoms with Crippen molar-refractivity contribution in [3.05, 3.63) is 85.4 Å². The van der Waals surface area contributed by atoms with Gasteiger partial charge in [-0.05, 0) is 30.7 Å². The van der Waals surface area contributed by atoms with Crippen LogP contribution in [0, 0.1) is 20.2 Å². The maximum atomic E-state index is 13.6. The third-order valence-corrected chi connectivity index (χ3v) is 7.55. The number of nitro benzene ring substituents is 2. The molecule has 13 heteroatoms. The van der Waals surface area contributed by atoms with E-state index in [0.29, 0.717) is 17.2 Å². The number of hydrogen-bond donors (Lipinski definition) is 0. The lowest BCUT2D eigenvalue weighted by Gasteiger charge is -2.34. The van der Waals surface area contributed by atoms with Crippen LogP contribution in [0.3, 0.4) is 0 Å². The molecule has 0 aliphatic carbocycles. The molecule has 37 heavy (non-hydrogen) atoms. The van der Waals surface area contributed by atoms with Crippen molar-refractivity contribution in [2.24, 2.45) is 0 Å². The van der Waals surface area contributed by atoms with Gasteiger partial charge in [0.05, 0.1) is 33.0 Å². The highest BCUT2D eigenvalue weighted by molar-refractivity contribution is 6.32. The van der Waals surface area contributed by atoms with Gasteiger partial charge in [0.15, 0.2) is 0 Å². The van der Waals surface area contributed by atoms with Crippen molar-refractivity contribution in [1.82, 2.24) is 9.80 Å². The minimum absolute atomic E-state index is 0.0604. The topological polar surface area (TPSA) is 147 Å². The first-order valence-corrected chi connectivity index (χ1v) is 11.6. The molecule has 0 unspecified atom stereocenters. The minimum atomic E-state index is -0.925. The molecule has 3 aromatic rings. The van der Waals surface area contributed by atoms with Crippen LogP contribution in [0.4, 0.5) is 21.9 Å². The second kappa shape index (κ2) is 7.96. The van der Waals surface area contributed by atoms with Crippen LogP contribution >= 0.6 is 11.6 Å². The lowest BCUT2D eigenvalue weighted by molar-refractivity contribution is -0.384. The van der Waals surface area contributed by atoms with Gasteiger partial charge in [-0.2, -0.15) is 0 Å². The van der Waals surface area contributed by atoms with Gasteiger partial charge in [0.1, 0.15) is 11.1 Å². The van der Waals surface area contributed by atoms with Gasteiger partial charge in [0.2, 0.25) is 0 Å². The lowest BCUT2D eigenvalue weighted by atomic mass is 10.0. The number of piperazine rings is 1. The van der Waals surface area contributed by atoms with E-state index in [9.17, 15) is 34.6 Å². The van der Waals surface area contributed by atoms with Gasteiger partial charge < -0.3 is 9.80 Å². The van der Waals surface area contributed by atoms with E-state index >= 15 is 0 Å². The maximum absolute atomic E-state index is 13.6. The van der Waals surface area contributed by atoms with Gasteiger partial charge in [-0.1, -0.05) is 29.8 Å². The molecule has 0 aromatic heterocycles. The third-order valence-electron chi connectivity index (χ3n) is 7.23. The number of nitro groups is 2. The van der Waals surface area contributed by atoms with Gasteiger partial charge in [0.25, 0.3) is 23.2 Å².